The fourth-order valence-corrected chi connectivity index (χ4v) is 1.75. The highest BCUT2D eigenvalue weighted by Crippen LogP contribution is 2.19. The topological polar surface area (TPSA) is 59.1 Å². The molecule has 0 atom stereocenters. The minimum atomic E-state index is -0.455. The Balaban J connectivity index is 2.07. The molecule has 0 spiro atoms. The highest BCUT2D eigenvalue weighted by atomic mass is 35.5. The average molecular weight is 279 g/mol. The van der Waals surface area contributed by atoms with Crippen molar-refractivity contribution >= 4 is 17.4 Å². The third kappa shape index (κ3) is 3.45. The fraction of sp³-hybridized carbons (Fsp3) is 0.0714. The summed E-state index contributed by atoms with van der Waals surface area (Å²) < 4.78 is 18.5. The zero-order valence-corrected chi connectivity index (χ0v) is 10.7. The number of nitrogen functional groups attached to an aromatic ring is 1. The van der Waals surface area contributed by atoms with Gasteiger partial charge in [0, 0.05) is 5.56 Å². The second-order valence-corrected chi connectivity index (χ2v) is 4.39. The van der Waals surface area contributed by atoms with Crippen molar-refractivity contribution in [1.82, 2.24) is 0 Å². The van der Waals surface area contributed by atoms with Gasteiger partial charge >= 0.3 is 0 Å². The predicted octanol–water partition coefficient (Wildman–Crippen LogP) is 3.34. The van der Waals surface area contributed by atoms with Crippen molar-refractivity contribution in [2.45, 2.75) is 6.61 Å². The summed E-state index contributed by atoms with van der Waals surface area (Å²) in [7, 11) is 0. The number of ether oxygens (including phenoxy) is 1. The van der Waals surface area contributed by atoms with E-state index in [1.54, 1.807) is 30.3 Å². The predicted molar refractivity (Wildman–Crippen MR) is 73.2 cm³/mol. The Bertz CT molecular complexity index is 616. The summed E-state index contributed by atoms with van der Waals surface area (Å²) in [6.45, 7) is 0.265. The van der Waals surface area contributed by atoms with E-state index < -0.39 is 5.82 Å². The van der Waals surface area contributed by atoms with Crippen LogP contribution in [0.2, 0.25) is 5.02 Å². The van der Waals surface area contributed by atoms with Gasteiger partial charge in [-0.1, -0.05) is 29.8 Å². The maximum Gasteiger partial charge on any atom is 0.141 e. The second-order valence-electron chi connectivity index (χ2n) is 3.98. The van der Waals surface area contributed by atoms with Crippen LogP contribution in [0, 0.1) is 11.2 Å². The number of hydrogen-bond acceptors (Lipinski definition) is 2. The molecule has 2 rings (SSSR count). The number of amidine groups is 1. The van der Waals surface area contributed by atoms with E-state index in [0.29, 0.717) is 11.3 Å². The fourth-order valence-electron chi connectivity index (χ4n) is 1.55. The number of hydrogen-bond donors (Lipinski definition) is 2. The summed E-state index contributed by atoms with van der Waals surface area (Å²) in [6.07, 6.45) is 0. The molecule has 5 heteroatoms. The van der Waals surface area contributed by atoms with Gasteiger partial charge in [-0.05, 0) is 29.8 Å². The minimum absolute atomic E-state index is 0.0183. The molecule has 3 nitrogen and oxygen atoms in total. The van der Waals surface area contributed by atoms with E-state index in [2.05, 4.69) is 0 Å². The molecule has 0 unspecified atom stereocenters. The van der Waals surface area contributed by atoms with Gasteiger partial charge in [0.05, 0.1) is 5.02 Å². The summed E-state index contributed by atoms with van der Waals surface area (Å²) in [6, 6.07) is 11.3. The van der Waals surface area contributed by atoms with Gasteiger partial charge in [0.1, 0.15) is 24.0 Å². The molecule has 0 fully saturated rings. The molecule has 98 valence electrons. The number of nitrogens with two attached hydrogens (primary N) is 1. The monoisotopic (exact) mass is 278 g/mol. The maximum atomic E-state index is 13.0. The van der Waals surface area contributed by atoms with Gasteiger partial charge < -0.3 is 10.5 Å². The van der Waals surface area contributed by atoms with Crippen LogP contribution in [0.3, 0.4) is 0 Å². The van der Waals surface area contributed by atoms with E-state index in [0.717, 1.165) is 5.56 Å². The van der Waals surface area contributed by atoms with E-state index in [-0.39, 0.29) is 17.5 Å². The summed E-state index contributed by atoms with van der Waals surface area (Å²) in [5.41, 5.74) is 6.75. The van der Waals surface area contributed by atoms with Gasteiger partial charge in [-0.15, -0.1) is 0 Å². The number of benzene rings is 2. The van der Waals surface area contributed by atoms with E-state index >= 15 is 0 Å². The van der Waals surface area contributed by atoms with E-state index in [4.69, 9.17) is 27.5 Å². The molecule has 0 aliphatic heterocycles. The Morgan fingerprint density at radius 1 is 1.26 bits per heavy atom. The van der Waals surface area contributed by atoms with Gasteiger partial charge in [-0.25, -0.2) is 4.39 Å². The summed E-state index contributed by atoms with van der Waals surface area (Å²) in [5, 5.41) is 7.41. The molecular weight excluding hydrogens is 267 g/mol. The normalized spacial score (nSPS) is 10.2. The van der Waals surface area contributed by atoms with E-state index in [1.807, 2.05) is 0 Å². The van der Waals surface area contributed by atoms with Crippen LogP contribution < -0.4 is 10.5 Å². The highest BCUT2D eigenvalue weighted by molar-refractivity contribution is 6.30. The summed E-state index contributed by atoms with van der Waals surface area (Å²) in [5.74, 6) is 0.118. The van der Waals surface area contributed by atoms with Crippen molar-refractivity contribution in [3.05, 3.63) is 64.4 Å². The van der Waals surface area contributed by atoms with Gasteiger partial charge in [-0.2, -0.15) is 0 Å². The molecule has 0 aliphatic rings. The lowest BCUT2D eigenvalue weighted by molar-refractivity contribution is 0.306. The lowest BCUT2D eigenvalue weighted by Gasteiger charge is -2.08. The van der Waals surface area contributed by atoms with E-state index in [9.17, 15) is 4.39 Å². The molecule has 0 bridgehead atoms. The first-order chi connectivity index (χ1) is 9.06. The largest absolute Gasteiger partial charge is 0.489 e. The van der Waals surface area contributed by atoms with Crippen LogP contribution in [-0.2, 0) is 6.61 Å². The molecule has 0 saturated carbocycles. The molecule has 2 aromatic rings. The van der Waals surface area contributed by atoms with Gasteiger partial charge in [0.25, 0.3) is 0 Å². The van der Waals surface area contributed by atoms with Crippen LogP contribution in [0.1, 0.15) is 11.1 Å². The molecule has 19 heavy (non-hydrogen) atoms. The lowest BCUT2D eigenvalue weighted by atomic mass is 10.2. The second kappa shape index (κ2) is 5.71. The smallest absolute Gasteiger partial charge is 0.141 e. The summed E-state index contributed by atoms with van der Waals surface area (Å²) >= 11 is 5.69. The zero-order chi connectivity index (χ0) is 13.8. The lowest BCUT2D eigenvalue weighted by Crippen LogP contribution is -2.10. The van der Waals surface area contributed by atoms with Gasteiger partial charge in [0.15, 0.2) is 0 Å². The molecule has 0 amide bonds. The highest BCUT2D eigenvalue weighted by Gasteiger charge is 2.03. The third-order valence-electron chi connectivity index (χ3n) is 2.53. The Morgan fingerprint density at radius 3 is 2.74 bits per heavy atom. The van der Waals surface area contributed by atoms with Gasteiger partial charge in [0.2, 0.25) is 0 Å². The first-order valence-electron chi connectivity index (χ1n) is 5.57. The maximum absolute atomic E-state index is 13.0. The molecule has 0 saturated heterocycles. The van der Waals surface area contributed by atoms with Gasteiger partial charge in [-0.3, -0.25) is 5.41 Å². The van der Waals surface area contributed by atoms with Crippen molar-refractivity contribution in [1.29, 1.82) is 5.41 Å². The molecule has 0 radical (unpaired) electrons. The van der Waals surface area contributed by atoms with Crippen molar-refractivity contribution in [3.63, 3.8) is 0 Å². The Kier molecular flexibility index (Phi) is 4.02. The number of nitrogens with one attached hydrogen (secondary N) is 1. The SMILES string of the molecule is N=C(N)c1cccc(OCc2ccc(F)c(Cl)c2)c1. The van der Waals surface area contributed by atoms with Crippen LogP contribution in [0.15, 0.2) is 42.5 Å². The van der Waals surface area contributed by atoms with Crippen LogP contribution in [0.5, 0.6) is 5.75 Å². The molecule has 0 aromatic heterocycles. The number of halogens is 2. The first kappa shape index (κ1) is 13.4. The minimum Gasteiger partial charge on any atom is -0.489 e. The standard InChI is InChI=1S/C14H12ClFN2O/c15-12-6-9(4-5-13(12)16)8-19-11-3-1-2-10(7-11)14(17)18/h1-7H,8H2,(H3,17,18). The van der Waals surface area contributed by atoms with Crippen LogP contribution >= 0.6 is 11.6 Å². The van der Waals surface area contributed by atoms with E-state index in [1.165, 1.54) is 12.1 Å². The first-order valence-corrected chi connectivity index (χ1v) is 5.95. The zero-order valence-electron chi connectivity index (χ0n) is 9.99. The molecule has 0 heterocycles. The molecular formula is C14H12ClFN2O. The van der Waals surface area contributed by atoms with Crippen molar-refractivity contribution in [2.24, 2.45) is 5.73 Å². The van der Waals surface area contributed by atoms with Crippen LogP contribution in [0.25, 0.3) is 0 Å². The molecule has 3 N–H and O–H groups in total. The average Bonchev–Trinajstić information content (AvgIpc) is 2.40. The van der Waals surface area contributed by atoms with Crippen molar-refractivity contribution < 1.29 is 9.13 Å². The Morgan fingerprint density at radius 2 is 2.05 bits per heavy atom. The Hall–Kier alpha value is -2.07. The molecule has 0 aliphatic carbocycles. The third-order valence-corrected chi connectivity index (χ3v) is 2.82. The van der Waals surface area contributed by atoms with Crippen molar-refractivity contribution in [2.75, 3.05) is 0 Å². The Labute approximate surface area is 115 Å². The molecule has 2 aromatic carbocycles. The van der Waals surface area contributed by atoms with Crippen molar-refractivity contribution in [3.8, 4) is 5.75 Å². The summed E-state index contributed by atoms with van der Waals surface area (Å²) in [4.78, 5) is 0. The van der Waals surface area contributed by atoms with Crippen LogP contribution in [-0.4, -0.2) is 5.84 Å². The number of rotatable bonds is 4. The quantitative estimate of drug-likeness (QED) is 0.666. The van der Waals surface area contributed by atoms with Crippen LogP contribution in [0.4, 0.5) is 4.39 Å².